The van der Waals surface area contributed by atoms with Gasteiger partial charge in [-0.3, -0.25) is 0 Å². The van der Waals surface area contributed by atoms with E-state index in [0.717, 1.165) is 31.9 Å². The van der Waals surface area contributed by atoms with E-state index in [0.29, 0.717) is 0 Å². The van der Waals surface area contributed by atoms with E-state index in [-0.39, 0.29) is 0 Å². The summed E-state index contributed by atoms with van der Waals surface area (Å²) in [4.78, 5) is 2.30. The predicted octanol–water partition coefficient (Wildman–Crippen LogP) is 2.61. The first kappa shape index (κ1) is 14.0. The van der Waals surface area contributed by atoms with E-state index >= 15 is 0 Å². The number of nitrogens with zero attached hydrogens (tertiary/aromatic N) is 2. The Bertz CT molecular complexity index is 219. The van der Waals surface area contributed by atoms with E-state index in [1.807, 2.05) is 0 Å². The van der Waals surface area contributed by atoms with Gasteiger partial charge < -0.3 is 10.3 Å². The van der Waals surface area contributed by atoms with Crippen molar-refractivity contribution in [2.45, 2.75) is 41.0 Å². The number of amidine groups is 1. The largest absolute Gasteiger partial charge is 0.355 e. The summed E-state index contributed by atoms with van der Waals surface area (Å²) in [7, 11) is 0. The van der Waals surface area contributed by atoms with Gasteiger partial charge in [-0.15, -0.1) is 0 Å². The molecule has 0 aromatic heterocycles. The maximum absolute atomic E-state index is 4.43. The monoisotopic (exact) mass is 211 g/mol. The zero-order valence-corrected chi connectivity index (χ0v) is 10.8. The predicted molar refractivity (Wildman–Crippen MR) is 68.1 cm³/mol. The lowest BCUT2D eigenvalue weighted by atomic mass is 10.2. The molecule has 0 fully saturated rings. The van der Waals surface area contributed by atoms with Crippen LogP contribution in [-0.2, 0) is 0 Å². The molecule has 0 unspecified atom stereocenters. The number of hydrogen-bond donors (Lipinski definition) is 1. The summed E-state index contributed by atoms with van der Waals surface area (Å²) in [6.45, 7) is 13.5. The molecule has 0 saturated heterocycles. The lowest BCUT2D eigenvalue weighted by molar-refractivity contribution is 0.435. The summed E-state index contributed by atoms with van der Waals surface area (Å²) >= 11 is 0. The fourth-order valence-corrected chi connectivity index (χ4v) is 1.38. The van der Waals surface area contributed by atoms with Gasteiger partial charge in [-0.05, 0) is 39.7 Å². The third-order valence-corrected chi connectivity index (χ3v) is 2.30. The fourth-order valence-electron chi connectivity index (χ4n) is 1.38. The van der Waals surface area contributed by atoms with Crippen molar-refractivity contribution in [2.24, 2.45) is 5.10 Å². The van der Waals surface area contributed by atoms with Crippen molar-refractivity contribution < 1.29 is 0 Å². The summed E-state index contributed by atoms with van der Waals surface area (Å²) in [5, 5.41) is 4.43. The van der Waals surface area contributed by atoms with Gasteiger partial charge in [0.15, 0.2) is 5.84 Å². The molecule has 1 N–H and O–H groups in total. The Labute approximate surface area is 94.2 Å². The summed E-state index contributed by atoms with van der Waals surface area (Å²) in [5.41, 5.74) is 4.27. The van der Waals surface area contributed by atoms with Crippen LogP contribution >= 0.6 is 0 Å². The number of nitrogens with one attached hydrogen (secondary N) is 1. The summed E-state index contributed by atoms with van der Waals surface area (Å²) in [6.07, 6.45) is 3.25. The van der Waals surface area contributed by atoms with Crippen molar-refractivity contribution in [1.82, 2.24) is 10.3 Å². The molecule has 88 valence electrons. The third-order valence-electron chi connectivity index (χ3n) is 2.30. The fraction of sp³-hybridized carbons (Fsp3) is 0.750. The Hall–Kier alpha value is -0.990. The van der Waals surface area contributed by atoms with Gasteiger partial charge in [-0.1, -0.05) is 13.0 Å². The van der Waals surface area contributed by atoms with Gasteiger partial charge >= 0.3 is 0 Å². The molecule has 0 aliphatic heterocycles. The third kappa shape index (κ3) is 4.86. The van der Waals surface area contributed by atoms with Gasteiger partial charge in [0, 0.05) is 19.6 Å². The second-order valence-electron chi connectivity index (χ2n) is 3.50. The molecule has 0 atom stereocenters. The van der Waals surface area contributed by atoms with Crippen LogP contribution in [0.3, 0.4) is 0 Å². The molecule has 0 amide bonds. The highest BCUT2D eigenvalue weighted by Crippen LogP contribution is 2.04. The van der Waals surface area contributed by atoms with Gasteiger partial charge in [0.1, 0.15) is 0 Å². The Kier molecular flexibility index (Phi) is 7.78. The normalized spacial score (nSPS) is 12.9. The molecule has 0 bridgehead atoms. The lowest BCUT2D eigenvalue weighted by Crippen LogP contribution is -2.34. The van der Waals surface area contributed by atoms with E-state index in [2.05, 4.69) is 56.1 Å². The van der Waals surface area contributed by atoms with Crippen molar-refractivity contribution >= 4 is 5.84 Å². The summed E-state index contributed by atoms with van der Waals surface area (Å²) in [5.74, 6) is 1.07. The molecule has 0 aromatic carbocycles. The molecule has 3 nitrogen and oxygen atoms in total. The molecule has 0 radical (unpaired) electrons. The Morgan fingerprint density at radius 2 is 2.00 bits per heavy atom. The van der Waals surface area contributed by atoms with Crippen molar-refractivity contribution in [1.29, 1.82) is 0 Å². The highest BCUT2D eigenvalue weighted by atomic mass is 15.3. The highest BCUT2D eigenvalue weighted by molar-refractivity contribution is 5.97. The standard InChI is InChI=1S/C12H25N3/c1-6-10-15(9-4)12(11(5)7-2)14-13-8-3/h7,13H,6,8-10H2,1-5H3/b11-7+,14-12+. The van der Waals surface area contributed by atoms with Crippen LogP contribution in [0.1, 0.15) is 41.0 Å². The van der Waals surface area contributed by atoms with E-state index in [9.17, 15) is 0 Å². The topological polar surface area (TPSA) is 27.6 Å². The molecule has 0 spiro atoms. The smallest absolute Gasteiger partial charge is 0.150 e. The average Bonchev–Trinajstić information content (AvgIpc) is 2.27. The van der Waals surface area contributed by atoms with E-state index in [1.165, 1.54) is 5.57 Å². The van der Waals surface area contributed by atoms with Crippen LogP contribution in [0.25, 0.3) is 0 Å². The minimum Gasteiger partial charge on any atom is -0.355 e. The lowest BCUT2D eigenvalue weighted by Gasteiger charge is -2.24. The Morgan fingerprint density at radius 1 is 1.33 bits per heavy atom. The molecule has 15 heavy (non-hydrogen) atoms. The zero-order chi connectivity index (χ0) is 11.7. The van der Waals surface area contributed by atoms with Crippen molar-refractivity contribution in [3.8, 4) is 0 Å². The minimum absolute atomic E-state index is 0.865. The number of hydrazone groups is 1. The molecule has 3 heteroatoms. The van der Waals surface area contributed by atoms with Gasteiger partial charge in [0.05, 0.1) is 0 Å². The van der Waals surface area contributed by atoms with Gasteiger partial charge in [-0.25, -0.2) is 0 Å². The molecule has 0 rings (SSSR count). The average molecular weight is 211 g/mol. The van der Waals surface area contributed by atoms with Gasteiger partial charge in [0.25, 0.3) is 0 Å². The number of allylic oxidation sites excluding steroid dienone is 1. The zero-order valence-electron chi connectivity index (χ0n) is 10.8. The molecule has 0 aliphatic carbocycles. The highest BCUT2D eigenvalue weighted by Gasteiger charge is 2.09. The van der Waals surface area contributed by atoms with Crippen molar-refractivity contribution in [2.75, 3.05) is 19.6 Å². The first-order valence-electron chi connectivity index (χ1n) is 5.89. The van der Waals surface area contributed by atoms with E-state index in [4.69, 9.17) is 0 Å². The first-order valence-corrected chi connectivity index (χ1v) is 5.89. The summed E-state index contributed by atoms with van der Waals surface area (Å²) < 4.78 is 0. The second-order valence-corrected chi connectivity index (χ2v) is 3.50. The van der Waals surface area contributed by atoms with Crippen LogP contribution in [-0.4, -0.2) is 30.4 Å². The van der Waals surface area contributed by atoms with Crippen LogP contribution in [0, 0.1) is 0 Å². The molecule has 0 heterocycles. The minimum atomic E-state index is 0.865. The second kappa shape index (κ2) is 8.33. The van der Waals surface area contributed by atoms with Crippen LogP contribution < -0.4 is 5.43 Å². The van der Waals surface area contributed by atoms with E-state index in [1.54, 1.807) is 0 Å². The molecule has 0 saturated carbocycles. The number of rotatable bonds is 6. The molecular formula is C12H25N3. The maximum Gasteiger partial charge on any atom is 0.150 e. The van der Waals surface area contributed by atoms with Crippen LogP contribution in [0.15, 0.2) is 16.8 Å². The molecule has 0 aromatic rings. The first-order chi connectivity index (χ1) is 7.21. The SMILES string of the molecule is C/C=C(C)/C(=N\NCC)N(CC)CCC. The number of hydrogen-bond acceptors (Lipinski definition) is 2. The van der Waals surface area contributed by atoms with Crippen LogP contribution in [0.5, 0.6) is 0 Å². The van der Waals surface area contributed by atoms with Crippen LogP contribution in [0.4, 0.5) is 0 Å². The van der Waals surface area contributed by atoms with Gasteiger partial charge in [0.2, 0.25) is 0 Å². The molecular weight excluding hydrogens is 186 g/mol. The Balaban J connectivity index is 4.73. The number of likely N-dealkylation sites (N-methyl/N-ethyl adjacent to an activating group) is 1. The maximum atomic E-state index is 4.43. The van der Waals surface area contributed by atoms with Crippen LogP contribution in [0.2, 0.25) is 0 Å². The van der Waals surface area contributed by atoms with E-state index < -0.39 is 0 Å². The molecule has 0 aliphatic rings. The quantitative estimate of drug-likeness (QED) is 0.415. The summed E-state index contributed by atoms with van der Waals surface area (Å²) in [6, 6.07) is 0. The van der Waals surface area contributed by atoms with Gasteiger partial charge in [-0.2, -0.15) is 5.10 Å². The Morgan fingerprint density at radius 3 is 2.40 bits per heavy atom. The van der Waals surface area contributed by atoms with Crippen molar-refractivity contribution in [3.63, 3.8) is 0 Å². The van der Waals surface area contributed by atoms with Crippen molar-refractivity contribution in [3.05, 3.63) is 11.6 Å².